The van der Waals surface area contributed by atoms with Gasteiger partial charge in [-0.1, -0.05) is 42.5 Å². The van der Waals surface area contributed by atoms with Crippen molar-refractivity contribution in [3.63, 3.8) is 0 Å². The fourth-order valence-corrected chi connectivity index (χ4v) is 2.79. The largest absolute Gasteiger partial charge is 0.494 e. The molecule has 0 aliphatic heterocycles. The molecule has 3 heteroatoms. The van der Waals surface area contributed by atoms with Gasteiger partial charge in [-0.05, 0) is 29.5 Å². The maximum absolute atomic E-state index is 14.1. The van der Waals surface area contributed by atoms with Crippen LogP contribution in [0.15, 0.2) is 48.5 Å². The van der Waals surface area contributed by atoms with Crippen molar-refractivity contribution >= 4 is 5.78 Å². The third kappa shape index (κ3) is 2.82. The summed E-state index contributed by atoms with van der Waals surface area (Å²) in [7, 11) is 1.43. The normalized spacial score (nSPS) is 20.1. The molecule has 0 heterocycles. The molecule has 1 aliphatic carbocycles. The molecule has 0 saturated heterocycles. The maximum Gasteiger partial charge on any atom is 0.168 e. The molecule has 2 aromatic rings. The summed E-state index contributed by atoms with van der Waals surface area (Å²) in [5.41, 5.74) is 1.61. The SMILES string of the molecule is COc1cccc(CC(=O)C2CC2c2ccccc2)c1F. The Morgan fingerprint density at radius 1 is 1.19 bits per heavy atom. The van der Waals surface area contributed by atoms with Gasteiger partial charge in [-0.2, -0.15) is 0 Å². The van der Waals surface area contributed by atoms with Crippen LogP contribution in [-0.2, 0) is 11.2 Å². The van der Waals surface area contributed by atoms with Crippen molar-refractivity contribution in [2.45, 2.75) is 18.8 Å². The molecule has 0 radical (unpaired) electrons. The van der Waals surface area contributed by atoms with Gasteiger partial charge < -0.3 is 4.74 Å². The van der Waals surface area contributed by atoms with Crippen molar-refractivity contribution in [1.29, 1.82) is 0 Å². The van der Waals surface area contributed by atoms with Crippen molar-refractivity contribution in [3.05, 3.63) is 65.5 Å². The summed E-state index contributed by atoms with van der Waals surface area (Å²) >= 11 is 0. The van der Waals surface area contributed by atoms with Crippen LogP contribution in [0.1, 0.15) is 23.5 Å². The van der Waals surface area contributed by atoms with Crippen molar-refractivity contribution < 1.29 is 13.9 Å². The number of hydrogen-bond donors (Lipinski definition) is 0. The lowest BCUT2D eigenvalue weighted by atomic mass is 10.0. The third-order valence-electron chi connectivity index (χ3n) is 4.06. The van der Waals surface area contributed by atoms with E-state index >= 15 is 0 Å². The number of hydrogen-bond acceptors (Lipinski definition) is 2. The van der Waals surface area contributed by atoms with E-state index in [1.807, 2.05) is 30.3 Å². The highest BCUT2D eigenvalue weighted by Gasteiger charge is 2.43. The molecule has 108 valence electrons. The van der Waals surface area contributed by atoms with Crippen LogP contribution in [0.4, 0.5) is 4.39 Å². The minimum Gasteiger partial charge on any atom is -0.494 e. The van der Waals surface area contributed by atoms with Crippen molar-refractivity contribution in [1.82, 2.24) is 0 Å². The molecule has 0 N–H and O–H groups in total. The van der Waals surface area contributed by atoms with Crippen LogP contribution in [-0.4, -0.2) is 12.9 Å². The van der Waals surface area contributed by atoms with Crippen LogP contribution >= 0.6 is 0 Å². The molecule has 0 spiro atoms. The summed E-state index contributed by atoms with van der Waals surface area (Å²) in [6.07, 6.45) is 1.01. The van der Waals surface area contributed by atoms with E-state index in [1.54, 1.807) is 18.2 Å². The summed E-state index contributed by atoms with van der Waals surface area (Å²) in [5, 5.41) is 0. The Morgan fingerprint density at radius 3 is 2.67 bits per heavy atom. The highest BCUT2D eigenvalue weighted by molar-refractivity contribution is 5.87. The lowest BCUT2D eigenvalue weighted by Crippen LogP contribution is -2.08. The van der Waals surface area contributed by atoms with Gasteiger partial charge in [0.05, 0.1) is 7.11 Å². The number of methoxy groups -OCH3 is 1. The van der Waals surface area contributed by atoms with E-state index in [1.165, 1.54) is 12.7 Å². The Bertz CT molecular complexity index is 652. The van der Waals surface area contributed by atoms with E-state index in [-0.39, 0.29) is 23.9 Å². The highest BCUT2D eigenvalue weighted by atomic mass is 19.1. The van der Waals surface area contributed by atoms with Gasteiger partial charge in [0.1, 0.15) is 5.78 Å². The second-order valence-electron chi connectivity index (χ2n) is 5.44. The fourth-order valence-electron chi connectivity index (χ4n) is 2.79. The number of carbonyl (C=O) groups excluding carboxylic acids is 1. The fraction of sp³-hybridized carbons (Fsp3) is 0.278. The van der Waals surface area contributed by atoms with Crippen LogP contribution in [0.5, 0.6) is 5.75 Å². The van der Waals surface area contributed by atoms with Crippen LogP contribution < -0.4 is 4.74 Å². The van der Waals surface area contributed by atoms with Crippen LogP contribution in [0.3, 0.4) is 0 Å². The first-order valence-electron chi connectivity index (χ1n) is 7.09. The first kappa shape index (κ1) is 13.8. The minimum absolute atomic E-state index is 0.0259. The van der Waals surface area contributed by atoms with Gasteiger partial charge in [0.15, 0.2) is 11.6 Å². The Labute approximate surface area is 123 Å². The van der Waals surface area contributed by atoms with E-state index in [2.05, 4.69) is 0 Å². The quantitative estimate of drug-likeness (QED) is 0.836. The van der Waals surface area contributed by atoms with E-state index < -0.39 is 5.82 Å². The zero-order valence-electron chi connectivity index (χ0n) is 11.9. The summed E-state index contributed by atoms with van der Waals surface area (Å²) in [6.45, 7) is 0. The van der Waals surface area contributed by atoms with Gasteiger partial charge in [0.25, 0.3) is 0 Å². The third-order valence-corrected chi connectivity index (χ3v) is 4.06. The average molecular weight is 284 g/mol. The predicted molar refractivity (Wildman–Crippen MR) is 79.0 cm³/mol. The number of ether oxygens (including phenoxy) is 1. The maximum atomic E-state index is 14.1. The van der Waals surface area contributed by atoms with E-state index in [4.69, 9.17) is 4.74 Å². The molecule has 2 nitrogen and oxygen atoms in total. The topological polar surface area (TPSA) is 26.3 Å². The Kier molecular flexibility index (Phi) is 3.74. The first-order valence-corrected chi connectivity index (χ1v) is 7.09. The molecule has 2 atom stereocenters. The number of Topliss-reactive ketones (excluding diaryl/α,β-unsaturated/α-hetero) is 1. The van der Waals surface area contributed by atoms with Gasteiger partial charge in [0.2, 0.25) is 0 Å². The predicted octanol–water partition coefficient (Wildman–Crippen LogP) is 3.75. The summed E-state index contributed by atoms with van der Waals surface area (Å²) in [5.74, 6) is 0.197. The molecule has 0 aromatic heterocycles. The molecule has 1 aliphatic rings. The summed E-state index contributed by atoms with van der Waals surface area (Å²) in [6, 6.07) is 14.9. The molecule has 0 amide bonds. The standard InChI is InChI=1S/C18H17FO2/c1-21-17-9-5-8-13(18(17)19)10-16(20)15-11-14(15)12-6-3-2-4-7-12/h2-9,14-15H,10-11H2,1H3. The van der Waals surface area contributed by atoms with Crippen molar-refractivity contribution in [2.75, 3.05) is 7.11 Å². The summed E-state index contributed by atoms with van der Waals surface area (Å²) < 4.78 is 19.0. The molecule has 1 fully saturated rings. The molecule has 2 unspecified atom stereocenters. The van der Waals surface area contributed by atoms with Crippen LogP contribution in [0, 0.1) is 11.7 Å². The molecule has 3 rings (SSSR count). The van der Waals surface area contributed by atoms with Crippen molar-refractivity contribution in [3.8, 4) is 5.75 Å². The molecule has 0 bridgehead atoms. The first-order chi connectivity index (χ1) is 10.2. The Morgan fingerprint density at radius 2 is 1.95 bits per heavy atom. The monoisotopic (exact) mass is 284 g/mol. The highest BCUT2D eigenvalue weighted by Crippen LogP contribution is 2.48. The minimum atomic E-state index is -0.426. The van der Waals surface area contributed by atoms with Gasteiger partial charge in [0, 0.05) is 12.3 Å². The molecule has 21 heavy (non-hydrogen) atoms. The summed E-state index contributed by atoms with van der Waals surface area (Å²) in [4.78, 5) is 12.3. The van der Waals surface area contributed by atoms with Gasteiger partial charge in [-0.3, -0.25) is 4.79 Å². The Balaban J connectivity index is 1.69. The van der Waals surface area contributed by atoms with Crippen LogP contribution in [0.25, 0.3) is 0 Å². The zero-order valence-corrected chi connectivity index (χ0v) is 11.9. The zero-order chi connectivity index (χ0) is 14.8. The second-order valence-corrected chi connectivity index (χ2v) is 5.44. The number of carbonyl (C=O) groups is 1. The number of benzene rings is 2. The number of rotatable bonds is 5. The van der Waals surface area contributed by atoms with E-state index in [0.717, 1.165) is 6.42 Å². The molecular formula is C18H17FO2. The lowest BCUT2D eigenvalue weighted by Gasteiger charge is -2.07. The number of halogens is 1. The van der Waals surface area contributed by atoms with Crippen LogP contribution in [0.2, 0.25) is 0 Å². The smallest absolute Gasteiger partial charge is 0.168 e. The molecular weight excluding hydrogens is 267 g/mol. The molecule has 1 saturated carbocycles. The average Bonchev–Trinajstić information content (AvgIpc) is 3.31. The lowest BCUT2D eigenvalue weighted by molar-refractivity contribution is -0.119. The Hall–Kier alpha value is -2.16. The van der Waals surface area contributed by atoms with Gasteiger partial charge in [-0.25, -0.2) is 4.39 Å². The second kappa shape index (κ2) is 5.68. The van der Waals surface area contributed by atoms with Crippen molar-refractivity contribution in [2.24, 2.45) is 5.92 Å². The number of ketones is 1. The van der Waals surface area contributed by atoms with E-state index in [0.29, 0.717) is 11.5 Å². The van der Waals surface area contributed by atoms with Gasteiger partial charge >= 0.3 is 0 Å². The van der Waals surface area contributed by atoms with E-state index in [9.17, 15) is 9.18 Å². The van der Waals surface area contributed by atoms with Gasteiger partial charge in [-0.15, -0.1) is 0 Å². The molecule has 2 aromatic carbocycles.